The number of nitrogens with one attached hydrogen (secondary N) is 2. The summed E-state index contributed by atoms with van der Waals surface area (Å²) in [4.78, 5) is 43.0. The second-order valence-electron chi connectivity index (χ2n) is 7.30. The lowest BCUT2D eigenvalue weighted by Gasteiger charge is -2.22. The second-order valence-corrected chi connectivity index (χ2v) is 8.38. The van der Waals surface area contributed by atoms with Crippen molar-refractivity contribution in [3.8, 4) is 0 Å². The highest BCUT2D eigenvalue weighted by Crippen LogP contribution is 2.24. The first-order valence-electron chi connectivity index (χ1n) is 8.35. The topological polar surface area (TPSA) is 115 Å². The second kappa shape index (κ2) is 8.00. The van der Waals surface area contributed by atoms with Gasteiger partial charge in [-0.3, -0.25) is 15.0 Å². The van der Waals surface area contributed by atoms with Crippen LogP contribution in [0.1, 0.15) is 47.6 Å². The van der Waals surface area contributed by atoms with E-state index in [4.69, 9.17) is 0 Å². The molecule has 0 aliphatic carbocycles. The zero-order valence-corrected chi connectivity index (χ0v) is 16.3. The van der Waals surface area contributed by atoms with Crippen LogP contribution < -0.4 is 10.7 Å². The van der Waals surface area contributed by atoms with Crippen LogP contribution in [0.3, 0.4) is 0 Å². The molecule has 2 rings (SSSR count). The third kappa shape index (κ3) is 5.67. The number of hydrogen-bond acceptors (Lipinski definition) is 6. The Morgan fingerprint density at radius 2 is 2.04 bits per heavy atom. The summed E-state index contributed by atoms with van der Waals surface area (Å²) in [6.07, 6.45) is -0.614. The minimum Gasteiger partial charge on any atom is -0.464 e. The number of carbonyl (C=O) groups excluding carboxylic acids is 2. The van der Waals surface area contributed by atoms with E-state index in [0.717, 1.165) is 35.1 Å². The van der Waals surface area contributed by atoms with Crippen LogP contribution in [0.5, 0.6) is 0 Å². The van der Waals surface area contributed by atoms with Crippen LogP contribution in [-0.2, 0) is 17.8 Å². The largest absolute Gasteiger partial charge is 0.464 e. The number of fused-ring (bicyclic) bond motifs is 1. The summed E-state index contributed by atoms with van der Waals surface area (Å²) < 4.78 is 0. The lowest BCUT2D eigenvalue weighted by Crippen LogP contribution is -2.48. The van der Waals surface area contributed by atoms with Crippen molar-refractivity contribution in [1.29, 1.82) is 0 Å². The molecule has 0 saturated heterocycles. The number of carbonyl (C=O) groups is 3. The van der Waals surface area contributed by atoms with Crippen molar-refractivity contribution in [3.63, 3.8) is 0 Å². The van der Waals surface area contributed by atoms with Gasteiger partial charge in [0.15, 0.2) is 5.01 Å². The Morgan fingerprint density at radius 1 is 1.35 bits per heavy atom. The van der Waals surface area contributed by atoms with E-state index in [9.17, 15) is 19.5 Å². The van der Waals surface area contributed by atoms with Gasteiger partial charge in [-0.25, -0.2) is 14.8 Å². The van der Waals surface area contributed by atoms with Gasteiger partial charge >= 0.3 is 6.09 Å². The van der Waals surface area contributed by atoms with Gasteiger partial charge in [0.25, 0.3) is 5.91 Å². The minimum absolute atomic E-state index is 0.0526. The average Bonchev–Trinajstić information content (AvgIpc) is 2.92. The van der Waals surface area contributed by atoms with Crippen LogP contribution in [0.2, 0.25) is 0 Å². The molecule has 26 heavy (non-hydrogen) atoms. The number of nitrogens with zero attached hydrogens (tertiary/aromatic N) is 3. The molecule has 0 atom stereocenters. The molecule has 2 heterocycles. The van der Waals surface area contributed by atoms with Crippen LogP contribution in [0, 0.1) is 0 Å². The molecule has 1 aromatic rings. The third-order valence-corrected chi connectivity index (χ3v) is 4.74. The van der Waals surface area contributed by atoms with Crippen molar-refractivity contribution in [2.24, 2.45) is 0 Å². The number of hydrazine groups is 1. The number of aromatic nitrogens is 1. The molecule has 3 amide bonds. The van der Waals surface area contributed by atoms with E-state index in [1.807, 2.05) is 27.8 Å². The Morgan fingerprint density at radius 3 is 2.65 bits per heavy atom. The molecular formula is C16H25N5O4S. The normalized spacial score (nSPS) is 14.5. The maximum atomic E-state index is 12.4. The van der Waals surface area contributed by atoms with Gasteiger partial charge in [-0.2, -0.15) is 0 Å². The van der Waals surface area contributed by atoms with E-state index < -0.39 is 17.5 Å². The molecule has 9 nitrogen and oxygen atoms in total. The predicted molar refractivity (Wildman–Crippen MR) is 96.9 cm³/mol. The molecule has 1 aliphatic rings. The van der Waals surface area contributed by atoms with Crippen molar-refractivity contribution in [2.75, 3.05) is 20.1 Å². The number of amides is 3. The molecule has 10 heteroatoms. The van der Waals surface area contributed by atoms with Gasteiger partial charge in [-0.05, 0) is 27.8 Å². The molecule has 0 spiro atoms. The summed E-state index contributed by atoms with van der Waals surface area (Å²) >= 11 is 1.27. The van der Waals surface area contributed by atoms with Gasteiger partial charge in [-0.15, -0.1) is 11.3 Å². The van der Waals surface area contributed by atoms with E-state index in [0.29, 0.717) is 0 Å². The Balaban J connectivity index is 1.96. The van der Waals surface area contributed by atoms with Crippen LogP contribution in [0.15, 0.2) is 0 Å². The first-order chi connectivity index (χ1) is 12.0. The van der Waals surface area contributed by atoms with Crippen molar-refractivity contribution < 1.29 is 19.5 Å². The molecule has 0 unspecified atom stereocenters. The monoisotopic (exact) mass is 383 g/mol. The van der Waals surface area contributed by atoms with Crippen LogP contribution >= 0.6 is 11.3 Å². The smallest absolute Gasteiger partial charge is 0.426 e. The maximum absolute atomic E-state index is 12.4. The maximum Gasteiger partial charge on any atom is 0.426 e. The zero-order chi connectivity index (χ0) is 19.5. The van der Waals surface area contributed by atoms with Crippen molar-refractivity contribution in [2.45, 2.75) is 45.7 Å². The fourth-order valence-electron chi connectivity index (χ4n) is 2.48. The molecular weight excluding hydrogens is 358 g/mol. The first kappa shape index (κ1) is 20.1. The minimum atomic E-state index is -1.33. The molecule has 1 aromatic heterocycles. The SMILES string of the molecule is CN1CCc2nc(C(=O)NN(CCC(=O)NC(C)(C)C)C(=O)O)sc2C1. The van der Waals surface area contributed by atoms with Gasteiger partial charge in [0.05, 0.1) is 12.2 Å². The summed E-state index contributed by atoms with van der Waals surface area (Å²) in [5.41, 5.74) is 2.81. The quantitative estimate of drug-likeness (QED) is 0.670. The van der Waals surface area contributed by atoms with E-state index >= 15 is 0 Å². The van der Waals surface area contributed by atoms with E-state index in [1.54, 1.807) is 0 Å². The average molecular weight is 383 g/mol. The molecule has 0 radical (unpaired) electrons. The lowest BCUT2D eigenvalue weighted by molar-refractivity contribution is -0.122. The highest BCUT2D eigenvalue weighted by Gasteiger charge is 2.24. The summed E-state index contributed by atoms with van der Waals surface area (Å²) in [6, 6.07) is 0. The molecule has 0 fully saturated rings. The third-order valence-electron chi connectivity index (χ3n) is 3.66. The van der Waals surface area contributed by atoms with Gasteiger partial charge in [0, 0.05) is 36.3 Å². The summed E-state index contributed by atoms with van der Waals surface area (Å²) in [5.74, 6) is -0.864. The van der Waals surface area contributed by atoms with Gasteiger partial charge < -0.3 is 15.3 Å². The molecule has 1 aliphatic heterocycles. The number of hydrogen-bond donors (Lipinski definition) is 3. The fourth-order valence-corrected chi connectivity index (χ4v) is 3.56. The Labute approximate surface area is 156 Å². The van der Waals surface area contributed by atoms with Crippen LogP contribution in [0.4, 0.5) is 4.79 Å². The molecule has 0 bridgehead atoms. The Hall–Kier alpha value is -2.20. The van der Waals surface area contributed by atoms with Crippen molar-refractivity contribution in [3.05, 3.63) is 15.6 Å². The molecule has 0 aromatic carbocycles. The lowest BCUT2D eigenvalue weighted by atomic mass is 10.1. The molecule has 144 valence electrons. The van der Waals surface area contributed by atoms with E-state index in [-0.39, 0.29) is 23.9 Å². The number of thiazole rings is 1. The number of carboxylic acid groups (broad SMARTS) is 1. The zero-order valence-electron chi connectivity index (χ0n) is 15.5. The Bertz CT molecular complexity index is 697. The fraction of sp³-hybridized carbons (Fsp3) is 0.625. The molecule has 0 saturated carbocycles. The summed E-state index contributed by atoms with van der Waals surface area (Å²) in [6.45, 7) is 6.98. The molecule has 3 N–H and O–H groups in total. The van der Waals surface area contributed by atoms with Crippen LogP contribution in [0.25, 0.3) is 0 Å². The summed E-state index contributed by atoms with van der Waals surface area (Å²) in [7, 11) is 2.00. The van der Waals surface area contributed by atoms with Gasteiger partial charge in [-0.1, -0.05) is 0 Å². The number of rotatable bonds is 4. The van der Waals surface area contributed by atoms with Crippen molar-refractivity contribution in [1.82, 2.24) is 25.6 Å². The first-order valence-corrected chi connectivity index (χ1v) is 9.16. The Kier molecular flexibility index (Phi) is 6.19. The number of likely N-dealkylation sites (N-methyl/N-ethyl adjacent to an activating group) is 1. The highest BCUT2D eigenvalue weighted by atomic mass is 32.1. The van der Waals surface area contributed by atoms with Crippen molar-refractivity contribution >= 4 is 29.2 Å². The standard InChI is InChI=1S/C16H25N5O4S/c1-16(2,3)18-12(22)6-8-21(15(24)25)19-13(23)14-17-10-5-7-20(4)9-11(10)26-14/h5-9H2,1-4H3,(H,18,22)(H,19,23)(H,24,25). The van der Waals surface area contributed by atoms with E-state index in [1.165, 1.54) is 11.3 Å². The highest BCUT2D eigenvalue weighted by molar-refractivity contribution is 7.13. The summed E-state index contributed by atoms with van der Waals surface area (Å²) in [5, 5.41) is 13.0. The van der Waals surface area contributed by atoms with Gasteiger partial charge in [0.2, 0.25) is 5.91 Å². The van der Waals surface area contributed by atoms with E-state index in [2.05, 4.69) is 20.6 Å². The predicted octanol–water partition coefficient (Wildman–Crippen LogP) is 1.06. The van der Waals surface area contributed by atoms with Gasteiger partial charge in [0.1, 0.15) is 0 Å². The van der Waals surface area contributed by atoms with Crippen LogP contribution in [-0.4, -0.2) is 63.6 Å².